The largest absolute Gasteiger partial charge is 0.270 e. The van der Waals surface area contributed by atoms with Crippen molar-refractivity contribution in [2.75, 3.05) is 0 Å². The molecule has 0 N–H and O–H groups in total. The molecular weight excluding hydrogens is 155 g/mol. The van der Waals surface area contributed by atoms with Gasteiger partial charge in [-0.1, -0.05) is 13.8 Å². The van der Waals surface area contributed by atoms with Crippen LogP contribution in [0.3, 0.4) is 0 Å². The Labute approximate surface area is 70.9 Å². The zero-order chi connectivity index (χ0) is 9.14. The SMILES string of the molecule is [C-]#[N+]c1cnc(C(C)C)c(F)c1. The summed E-state index contributed by atoms with van der Waals surface area (Å²) in [5.74, 6) is -0.330. The first-order valence-corrected chi connectivity index (χ1v) is 3.68. The van der Waals surface area contributed by atoms with Crippen molar-refractivity contribution >= 4 is 5.69 Å². The Morgan fingerprint density at radius 1 is 1.58 bits per heavy atom. The molecule has 12 heavy (non-hydrogen) atoms. The highest BCUT2D eigenvalue weighted by Crippen LogP contribution is 2.19. The van der Waals surface area contributed by atoms with Crippen LogP contribution >= 0.6 is 0 Å². The summed E-state index contributed by atoms with van der Waals surface area (Å²) in [5, 5.41) is 0. The first-order chi connectivity index (χ1) is 5.65. The molecule has 1 aromatic rings. The second kappa shape index (κ2) is 3.31. The molecule has 1 rings (SSSR count). The van der Waals surface area contributed by atoms with Gasteiger partial charge in [0, 0.05) is 6.20 Å². The van der Waals surface area contributed by atoms with Gasteiger partial charge in [-0.3, -0.25) is 4.98 Å². The lowest BCUT2D eigenvalue weighted by molar-refractivity contribution is 0.586. The molecule has 0 aromatic carbocycles. The van der Waals surface area contributed by atoms with E-state index in [-0.39, 0.29) is 11.6 Å². The van der Waals surface area contributed by atoms with Crippen molar-refractivity contribution in [3.63, 3.8) is 0 Å². The molecule has 0 fully saturated rings. The molecule has 0 amide bonds. The predicted octanol–water partition coefficient (Wildman–Crippen LogP) is 2.89. The molecular formula is C9H9FN2. The Morgan fingerprint density at radius 3 is 2.67 bits per heavy atom. The first kappa shape index (κ1) is 8.66. The molecule has 62 valence electrons. The van der Waals surface area contributed by atoms with Crippen molar-refractivity contribution in [3.05, 3.63) is 35.2 Å². The normalized spacial score (nSPS) is 9.92. The van der Waals surface area contributed by atoms with Gasteiger partial charge in [0.1, 0.15) is 5.82 Å². The molecule has 0 radical (unpaired) electrons. The minimum atomic E-state index is -0.390. The Morgan fingerprint density at radius 2 is 2.25 bits per heavy atom. The molecule has 0 atom stereocenters. The molecule has 0 spiro atoms. The second-order valence-electron chi connectivity index (χ2n) is 2.83. The predicted molar refractivity (Wildman–Crippen MR) is 44.5 cm³/mol. The van der Waals surface area contributed by atoms with E-state index >= 15 is 0 Å². The van der Waals surface area contributed by atoms with Crippen LogP contribution in [0.25, 0.3) is 4.85 Å². The minimum Gasteiger partial charge on any atom is -0.270 e. The van der Waals surface area contributed by atoms with Crippen molar-refractivity contribution in [1.82, 2.24) is 4.98 Å². The number of pyridine rings is 1. The van der Waals surface area contributed by atoms with Gasteiger partial charge in [0.05, 0.1) is 12.3 Å². The molecule has 0 aliphatic rings. The zero-order valence-corrected chi connectivity index (χ0v) is 7.00. The van der Waals surface area contributed by atoms with Gasteiger partial charge in [-0.15, -0.1) is 0 Å². The number of hydrogen-bond donors (Lipinski definition) is 0. The monoisotopic (exact) mass is 164 g/mol. The minimum absolute atomic E-state index is 0.0600. The number of nitrogens with zero attached hydrogens (tertiary/aromatic N) is 2. The summed E-state index contributed by atoms with van der Waals surface area (Å²) in [6.07, 6.45) is 1.39. The van der Waals surface area contributed by atoms with Crippen LogP contribution < -0.4 is 0 Å². The average Bonchev–Trinajstić information content (AvgIpc) is 2.03. The highest BCUT2D eigenvalue weighted by atomic mass is 19.1. The Hall–Kier alpha value is -1.43. The van der Waals surface area contributed by atoms with Crippen LogP contribution in [-0.4, -0.2) is 4.98 Å². The summed E-state index contributed by atoms with van der Waals surface area (Å²) in [5.41, 5.74) is 0.666. The fourth-order valence-electron chi connectivity index (χ4n) is 0.924. The van der Waals surface area contributed by atoms with E-state index in [1.165, 1.54) is 12.3 Å². The van der Waals surface area contributed by atoms with Crippen molar-refractivity contribution in [2.24, 2.45) is 0 Å². The van der Waals surface area contributed by atoms with Gasteiger partial charge in [0.15, 0.2) is 0 Å². The molecule has 0 bridgehead atoms. The highest BCUT2D eigenvalue weighted by molar-refractivity contribution is 5.42. The third-order valence-electron chi connectivity index (χ3n) is 1.53. The summed E-state index contributed by atoms with van der Waals surface area (Å²) >= 11 is 0. The molecule has 0 unspecified atom stereocenters. The average molecular weight is 164 g/mol. The molecule has 0 aliphatic carbocycles. The fraction of sp³-hybridized carbons (Fsp3) is 0.333. The van der Waals surface area contributed by atoms with E-state index in [0.717, 1.165) is 0 Å². The molecule has 1 aromatic heterocycles. The van der Waals surface area contributed by atoms with E-state index in [1.54, 1.807) is 0 Å². The van der Waals surface area contributed by atoms with Gasteiger partial charge < -0.3 is 0 Å². The first-order valence-electron chi connectivity index (χ1n) is 3.68. The summed E-state index contributed by atoms with van der Waals surface area (Å²) in [7, 11) is 0. The van der Waals surface area contributed by atoms with E-state index in [2.05, 4.69) is 9.83 Å². The van der Waals surface area contributed by atoms with Gasteiger partial charge >= 0.3 is 0 Å². The number of hydrogen-bond acceptors (Lipinski definition) is 1. The van der Waals surface area contributed by atoms with Gasteiger partial charge in [-0.25, -0.2) is 9.24 Å². The van der Waals surface area contributed by atoms with Crippen LogP contribution in [0.4, 0.5) is 10.1 Å². The van der Waals surface area contributed by atoms with Crippen LogP contribution in [0.2, 0.25) is 0 Å². The van der Waals surface area contributed by atoms with E-state index < -0.39 is 5.82 Å². The van der Waals surface area contributed by atoms with Crippen LogP contribution in [0.15, 0.2) is 12.3 Å². The van der Waals surface area contributed by atoms with E-state index in [4.69, 9.17) is 6.57 Å². The number of halogens is 1. The second-order valence-corrected chi connectivity index (χ2v) is 2.83. The molecule has 0 aliphatic heterocycles. The van der Waals surface area contributed by atoms with Crippen molar-refractivity contribution in [3.8, 4) is 0 Å². The van der Waals surface area contributed by atoms with E-state index in [0.29, 0.717) is 5.69 Å². The van der Waals surface area contributed by atoms with Crippen LogP contribution in [0.1, 0.15) is 25.5 Å². The quantitative estimate of drug-likeness (QED) is 0.583. The molecule has 3 heteroatoms. The molecule has 0 saturated heterocycles. The Bertz CT molecular complexity index is 326. The van der Waals surface area contributed by atoms with Gasteiger partial charge in [0.2, 0.25) is 5.69 Å². The number of rotatable bonds is 1. The van der Waals surface area contributed by atoms with E-state index in [9.17, 15) is 4.39 Å². The highest BCUT2D eigenvalue weighted by Gasteiger charge is 2.08. The summed E-state index contributed by atoms with van der Waals surface area (Å²) < 4.78 is 13.1. The maximum absolute atomic E-state index is 13.1. The zero-order valence-electron chi connectivity index (χ0n) is 7.00. The molecule has 1 heterocycles. The molecule has 0 saturated carbocycles. The van der Waals surface area contributed by atoms with Crippen molar-refractivity contribution in [2.45, 2.75) is 19.8 Å². The summed E-state index contributed by atoms with van der Waals surface area (Å²) in [6.45, 7) is 10.4. The summed E-state index contributed by atoms with van der Waals surface area (Å²) in [4.78, 5) is 6.94. The topological polar surface area (TPSA) is 17.2 Å². The Balaban J connectivity index is 3.14. The van der Waals surface area contributed by atoms with Crippen molar-refractivity contribution in [1.29, 1.82) is 0 Å². The van der Waals surface area contributed by atoms with Gasteiger partial charge in [0.25, 0.3) is 0 Å². The lowest BCUT2D eigenvalue weighted by Gasteiger charge is -2.04. The number of aromatic nitrogens is 1. The van der Waals surface area contributed by atoms with Crippen LogP contribution in [-0.2, 0) is 0 Å². The third-order valence-corrected chi connectivity index (χ3v) is 1.53. The molecule has 2 nitrogen and oxygen atoms in total. The maximum Gasteiger partial charge on any atom is 0.207 e. The fourth-order valence-corrected chi connectivity index (χ4v) is 0.924. The van der Waals surface area contributed by atoms with Crippen LogP contribution in [0, 0.1) is 12.4 Å². The summed E-state index contributed by atoms with van der Waals surface area (Å²) in [6, 6.07) is 1.22. The third kappa shape index (κ3) is 1.59. The van der Waals surface area contributed by atoms with Crippen molar-refractivity contribution < 1.29 is 4.39 Å². The standard InChI is InChI=1S/C9H9FN2/c1-6(2)9-8(10)4-7(11-3)5-12-9/h4-6H,1-2H3. The lowest BCUT2D eigenvalue weighted by atomic mass is 10.1. The maximum atomic E-state index is 13.1. The lowest BCUT2D eigenvalue weighted by Crippen LogP contribution is -1.95. The van der Waals surface area contributed by atoms with E-state index in [1.807, 2.05) is 13.8 Å². The smallest absolute Gasteiger partial charge is 0.207 e. The van der Waals surface area contributed by atoms with Gasteiger partial charge in [-0.05, 0) is 12.0 Å². The van der Waals surface area contributed by atoms with Crippen LogP contribution in [0.5, 0.6) is 0 Å². The van der Waals surface area contributed by atoms with Gasteiger partial charge in [-0.2, -0.15) is 0 Å². The Kier molecular flexibility index (Phi) is 2.39.